The number of nitrogens with zero attached hydrogens (tertiary/aromatic N) is 1. The number of ether oxygens (including phenoxy) is 1. The first-order valence-electron chi connectivity index (χ1n) is 6.84. The van der Waals surface area contributed by atoms with Crippen molar-refractivity contribution in [2.24, 2.45) is 0 Å². The van der Waals surface area contributed by atoms with E-state index in [2.05, 4.69) is 17.1 Å². The molecule has 17 heavy (non-hydrogen) atoms. The minimum atomic E-state index is -0.497. The standard InChI is InChI=1S/C13H26N2O2/c1-11(8-12-9-17-7-5-14-12)15-6-3-4-13(2,16)10-15/h11-12,14,16H,3-10H2,1-2H3. The molecule has 0 spiro atoms. The van der Waals surface area contributed by atoms with Gasteiger partial charge in [0.15, 0.2) is 0 Å². The van der Waals surface area contributed by atoms with Gasteiger partial charge in [-0.2, -0.15) is 0 Å². The lowest BCUT2D eigenvalue weighted by Crippen LogP contribution is -2.52. The van der Waals surface area contributed by atoms with E-state index in [1.807, 2.05) is 6.92 Å². The second-order valence-corrected chi connectivity index (χ2v) is 5.88. The molecule has 2 N–H and O–H groups in total. The summed E-state index contributed by atoms with van der Waals surface area (Å²) in [7, 11) is 0. The highest BCUT2D eigenvalue weighted by Gasteiger charge is 2.31. The highest BCUT2D eigenvalue weighted by molar-refractivity contribution is 4.87. The number of rotatable bonds is 3. The fraction of sp³-hybridized carbons (Fsp3) is 1.00. The van der Waals surface area contributed by atoms with Crippen molar-refractivity contribution in [2.45, 2.75) is 50.8 Å². The Labute approximate surface area is 104 Å². The molecule has 0 aromatic rings. The number of nitrogens with one attached hydrogen (secondary N) is 1. The van der Waals surface area contributed by atoms with Gasteiger partial charge in [-0.3, -0.25) is 4.90 Å². The van der Waals surface area contributed by atoms with Crippen LogP contribution in [0.4, 0.5) is 0 Å². The van der Waals surface area contributed by atoms with Crippen LogP contribution >= 0.6 is 0 Å². The summed E-state index contributed by atoms with van der Waals surface area (Å²) >= 11 is 0. The van der Waals surface area contributed by atoms with Crippen LogP contribution in [0.15, 0.2) is 0 Å². The highest BCUT2D eigenvalue weighted by atomic mass is 16.5. The molecule has 100 valence electrons. The van der Waals surface area contributed by atoms with Gasteiger partial charge in [0.05, 0.1) is 18.8 Å². The average molecular weight is 242 g/mol. The Morgan fingerprint density at radius 2 is 2.41 bits per heavy atom. The molecule has 3 unspecified atom stereocenters. The van der Waals surface area contributed by atoms with Crippen LogP contribution in [0.5, 0.6) is 0 Å². The molecule has 3 atom stereocenters. The van der Waals surface area contributed by atoms with Crippen LogP contribution in [0.25, 0.3) is 0 Å². The lowest BCUT2D eigenvalue weighted by atomic mass is 9.93. The molecule has 0 aromatic carbocycles. The molecule has 0 bridgehead atoms. The van der Waals surface area contributed by atoms with E-state index in [0.717, 1.165) is 52.1 Å². The smallest absolute Gasteiger partial charge is 0.0746 e. The highest BCUT2D eigenvalue weighted by Crippen LogP contribution is 2.23. The Morgan fingerprint density at radius 3 is 3.06 bits per heavy atom. The van der Waals surface area contributed by atoms with Gasteiger partial charge in [-0.15, -0.1) is 0 Å². The molecule has 0 aliphatic carbocycles. The Hall–Kier alpha value is -0.160. The maximum Gasteiger partial charge on any atom is 0.0746 e. The summed E-state index contributed by atoms with van der Waals surface area (Å²) in [4.78, 5) is 2.42. The second-order valence-electron chi connectivity index (χ2n) is 5.88. The summed E-state index contributed by atoms with van der Waals surface area (Å²) in [6, 6.07) is 0.992. The van der Waals surface area contributed by atoms with Gasteiger partial charge in [-0.05, 0) is 39.7 Å². The topological polar surface area (TPSA) is 44.7 Å². The third-order valence-corrected chi connectivity index (χ3v) is 3.95. The maximum atomic E-state index is 10.1. The van der Waals surface area contributed by atoms with Crippen molar-refractivity contribution in [1.82, 2.24) is 10.2 Å². The number of likely N-dealkylation sites (tertiary alicyclic amines) is 1. The summed E-state index contributed by atoms with van der Waals surface area (Å²) in [6.07, 6.45) is 3.14. The third-order valence-electron chi connectivity index (χ3n) is 3.95. The van der Waals surface area contributed by atoms with E-state index in [1.165, 1.54) is 0 Å². The Kier molecular flexibility index (Phi) is 4.42. The van der Waals surface area contributed by atoms with E-state index in [4.69, 9.17) is 4.74 Å². The molecule has 2 aliphatic heterocycles. The molecule has 4 heteroatoms. The van der Waals surface area contributed by atoms with Gasteiger partial charge < -0.3 is 15.2 Å². The van der Waals surface area contributed by atoms with E-state index in [-0.39, 0.29) is 0 Å². The summed E-state index contributed by atoms with van der Waals surface area (Å²) in [5.41, 5.74) is -0.497. The monoisotopic (exact) mass is 242 g/mol. The fourth-order valence-corrected chi connectivity index (χ4v) is 2.97. The lowest BCUT2D eigenvalue weighted by molar-refractivity contribution is -0.0325. The zero-order chi connectivity index (χ0) is 12.3. The normalized spacial score (nSPS) is 37.9. The van der Waals surface area contributed by atoms with Crippen LogP contribution < -0.4 is 5.32 Å². The first-order valence-corrected chi connectivity index (χ1v) is 6.84. The van der Waals surface area contributed by atoms with Gasteiger partial charge in [0.1, 0.15) is 0 Å². The van der Waals surface area contributed by atoms with E-state index in [0.29, 0.717) is 12.1 Å². The second kappa shape index (κ2) is 5.65. The molecule has 2 heterocycles. The minimum Gasteiger partial charge on any atom is -0.389 e. The van der Waals surface area contributed by atoms with Crippen LogP contribution in [0.2, 0.25) is 0 Å². The molecule has 2 rings (SSSR count). The van der Waals surface area contributed by atoms with Crippen molar-refractivity contribution >= 4 is 0 Å². The lowest BCUT2D eigenvalue weighted by Gasteiger charge is -2.41. The number of hydrogen-bond acceptors (Lipinski definition) is 4. The first-order chi connectivity index (χ1) is 8.07. The molecule has 2 aliphatic rings. The number of piperidine rings is 1. The van der Waals surface area contributed by atoms with Gasteiger partial charge in [-0.1, -0.05) is 0 Å². The Morgan fingerprint density at radius 1 is 1.59 bits per heavy atom. The van der Waals surface area contributed by atoms with Crippen LogP contribution in [0.3, 0.4) is 0 Å². The quantitative estimate of drug-likeness (QED) is 0.761. The minimum absolute atomic E-state index is 0.477. The maximum absolute atomic E-state index is 10.1. The molecular weight excluding hydrogens is 216 g/mol. The van der Waals surface area contributed by atoms with Crippen molar-refractivity contribution < 1.29 is 9.84 Å². The van der Waals surface area contributed by atoms with Crippen molar-refractivity contribution in [3.8, 4) is 0 Å². The summed E-state index contributed by atoms with van der Waals surface area (Å²) < 4.78 is 5.48. The molecular formula is C13H26N2O2. The fourth-order valence-electron chi connectivity index (χ4n) is 2.97. The average Bonchev–Trinajstić information content (AvgIpc) is 2.29. The van der Waals surface area contributed by atoms with Crippen LogP contribution in [-0.4, -0.2) is 60.5 Å². The van der Waals surface area contributed by atoms with E-state index >= 15 is 0 Å². The summed E-state index contributed by atoms with van der Waals surface area (Å²) in [5.74, 6) is 0. The van der Waals surface area contributed by atoms with Gasteiger partial charge in [0.2, 0.25) is 0 Å². The van der Waals surface area contributed by atoms with E-state index in [9.17, 15) is 5.11 Å². The summed E-state index contributed by atoms with van der Waals surface area (Å²) in [6.45, 7) is 8.77. The number of morpholine rings is 1. The van der Waals surface area contributed by atoms with Gasteiger partial charge in [-0.25, -0.2) is 0 Å². The van der Waals surface area contributed by atoms with Gasteiger partial charge in [0.25, 0.3) is 0 Å². The SMILES string of the molecule is CC(CC1COCCN1)N1CCCC(C)(O)C1. The van der Waals surface area contributed by atoms with E-state index < -0.39 is 5.60 Å². The van der Waals surface area contributed by atoms with Crippen molar-refractivity contribution in [1.29, 1.82) is 0 Å². The zero-order valence-corrected chi connectivity index (χ0v) is 11.1. The molecule has 0 radical (unpaired) electrons. The van der Waals surface area contributed by atoms with Crippen LogP contribution in [0.1, 0.15) is 33.1 Å². The molecule has 0 saturated carbocycles. The molecule has 2 fully saturated rings. The molecule has 0 aromatic heterocycles. The number of aliphatic hydroxyl groups is 1. The molecule has 2 saturated heterocycles. The largest absolute Gasteiger partial charge is 0.389 e. The van der Waals surface area contributed by atoms with Crippen LogP contribution in [-0.2, 0) is 4.74 Å². The summed E-state index contributed by atoms with van der Waals surface area (Å²) in [5, 5.41) is 13.6. The van der Waals surface area contributed by atoms with Gasteiger partial charge in [0, 0.05) is 25.2 Å². The Bertz CT molecular complexity index is 240. The third kappa shape index (κ3) is 3.91. The predicted molar refractivity (Wildman–Crippen MR) is 68.1 cm³/mol. The van der Waals surface area contributed by atoms with Crippen LogP contribution in [0, 0.1) is 0 Å². The van der Waals surface area contributed by atoms with E-state index in [1.54, 1.807) is 0 Å². The number of hydrogen-bond donors (Lipinski definition) is 2. The van der Waals surface area contributed by atoms with Crippen molar-refractivity contribution in [2.75, 3.05) is 32.8 Å². The molecule has 4 nitrogen and oxygen atoms in total. The Balaban J connectivity index is 1.80. The first kappa shape index (κ1) is 13.3. The van der Waals surface area contributed by atoms with Gasteiger partial charge >= 0.3 is 0 Å². The predicted octanol–water partition coefficient (Wildman–Crippen LogP) is 0.600. The molecule has 0 amide bonds. The van der Waals surface area contributed by atoms with Crippen molar-refractivity contribution in [3.63, 3.8) is 0 Å². The zero-order valence-electron chi connectivity index (χ0n) is 11.1. The number of β-amino-alcohol motifs (C(OH)–C–C–N with tert-alkyl or cyclic N) is 1. The van der Waals surface area contributed by atoms with Crippen molar-refractivity contribution in [3.05, 3.63) is 0 Å².